The summed E-state index contributed by atoms with van der Waals surface area (Å²) in [6.45, 7) is 11.2. The van der Waals surface area contributed by atoms with E-state index in [0.29, 0.717) is 0 Å². The number of piperidine rings is 1. The van der Waals surface area contributed by atoms with Gasteiger partial charge in [0, 0.05) is 18.7 Å². The van der Waals surface area contributed by atoms with Gasteiger partial charge in [-0.05, 0) is 59.2 Å². The van der Waals surface area contributed by atoms with Crippen LogP contribution < -0.4 is 5.32 Å². The first-order chi connectivity index (χ1) is 8.11. The standard InChI is InChI=1S/C14H28N2O/c1-4-15-12-5-8-16(9-6-12)13-7-10-17-14(2,3)11-13/h12-13,15H,4-11H2,1-3H3. The average molecular weight is 240 g/mol. The predicted molar refractivity (Wildman–Crippen MR) is 71.3 cm³/mol. The molecule has 0 aromatic rings. The maximum Gasteiger partial charge on any atom is 0.0641 e. The minimum atomic E-state index is 0.0848. The van der Waals surface area contributed by atoms with Crippen LogP contribution in [-0.2, 0) is 4.74 Å². The van der Waals surface area contributed by atoms with Gasteiger partial charge in [-0.2, -0.15) is 0 Å². The maximum atomic E-state index is 5.81. The van der Waals surface area contributed by atoms with Crippen molar-refractivity contribution in [3.8, 4) is 0 Å². The van der Waals surface area contributed by atoms with E-state index < -0.39 is 0 Å². The van der Waals surface area contributed by atoms with Crippen molar-refractivity contribution in [3.63, 3.8) is 0 Å². The molecule has 2 fully saturated rings. The third-order valence-corrected chi connectivity index (χ3v) is 4.21. The largest absolute Gasteiger partial charge is 0.375 e. The van der Waals surface area contributed by atoms with Crippen LogP contribution in [0.15, 0.2) is 0 Å². The van der Waals surface area contributed by atoms with Gasteiger partial charge >= 0.3 is 0 Å². The van der Waals surface area contributed by atoms with E-state index >= 15 is 0 Å². The third-order valence-electron chi connectivity index (χ3n) is 4.21. The Hall–Kier alpha value is -0.120. The highest BCUT2D eigenvalue weighted by Gasteiger charge is 2.33. The molecule has 0 radical (unpaired) electrons. The van der Waals surface area contributed by atoms with Gasteiger partial charge in [0.2, 0.25) is 0 Å². The summed E-state index contributed by atoms with van der Waals surface area (Å²) >= 11 is 0. The molecule has 3 nitrogen and oxygen atoms in total. The van der Waals surface area contributed by atoms with Crippen LogP contribution >= 0.6 is 0 Å². The van der Waals surface area contributed by atoms with E-state index in [0.717, 1.165) is 25.2 Å². The zero-order valence-corrected chi connectivity index (χ0v) is 11.7. The number of nitrogens with zero attached hydrogens (tertiary/aromatic N) is 1. The van der Waals surface area contributed by atoms with Gasteiger partial charge < -0.3 is 15.0 Å². The van der Waals surface area contributed by atoms with E-state index in [1.54, 1.807) is 0 Å². The second kappa shape index (κ2) is 5.68. The van der Waals surface area contributed by atoms with Crippen LogP contribution in [0.25, 0.3) is 0 Å². The van der Waals surface area contributed by atoms with Gasteiger partial charge in [-0.15, -0.1) is 0 Å². The lowest BCUT2D eigenvalue weighted by atomic mass is 9.91. The molecule has 1 atom stereocenters. The van der Waals surface area contributed by atoms with Crippen molar-refractivity contribution in [1.29, 1.82) is 0 Å². The molecule has 0 aliphatic carbocycles. The lowest BCUT2D eigenvalue weighted by Crippen LogP contribution is -2.51. The summed E-state index contributed by atoms with van der Waals surface area (Å²) in [5.41, 5.74) is 0.0848. The Morgan fingerprint density at radius 1 is 1.24 bits per heavy atom. The van der Waals surface area contributed by atoms with Crippen molar-refractivity contribution in [2.75, 3.05) is 26.2 Å². The molecule has 2 aliphatic heterocycles. The molecule has 1 unspecified atom stereocenters. The molecule has 0 bridgehead atoms. The van der Waals surface area contributed by atoms with Crippen molar-refractivity contribution in [2.45, 2.75) is 64.1 Å². The van der Waals surface area contributed by atoms with Gasteiger partial charge in [0.1, 0.15) is 0 Å². The highest BCUT2D eigenvalue weighted by Crippen LogP contribution is 2.28. The molecule has 2 aliphatic rings. The summed E-state index contributed by atoms with van der Waals surface area (Å²) in [5.74, 6) is 0. The van der Waals surface area contributed by atoms with Gasteiger partial charge in [0.15, 0.2) is 0 Å². The summed E-state index contributed by atoms with van der Waals surface area (Å²) in [7, 11) is 0. The molecular weight excluding hydrogens is 212 g/mol. The molecule has 2 saturated heterocycles. The highest BCUT2D eigenvalue weighted by molar-refractivity contribution is 4.88. The molecular formula is C14H28N2O. The van der Waals surface area contributed by atoms with Crippen LogP contribution in [0.2, 0.25) is 0 Å². The van der Waals surface area contributed by atoms with E-state index in [1.165, 1.54) is 38.8 Å². The second-order valence-electron chi connectivity index (χ2n) is 6.12. The Kier molecular flexibility index (Phi) is 4.45. The Labute approximate surface area is 106 Å². The van der Waals surface area contributed by atoms with Crippen LogP contribution in [0.5, 0.6) is 0 Å². The van der Waals surface area contributed by atoms with Gasteiger partial charge in [0.25, 0.3) is 0 Å². The van der Waals surface area contributed by atoms with E-state index in [4.69, 9.17) is 4.74 Å². The van der Waals surface area contributed by atoms with E-state index in [-0.39, 0.29) is 5.60 Å². The number of rotatable bonds is 3. The number of nitrogens with one attached hydrogen (secondary N) is 1. The third kappa shape index (κ3) is 3.67. The molecule has 3 heteroatoms. The first kappa shape index (κ1) is 13.3. The highest BCUT2D eigenvalue weighted by atomic mass is 16.5. The van der Waals surface area contributed by atoms with Crippen molar-refractivity contribution in [3.05, 3.63) is 0 Å². The summed E-state index contributed by atoms with van der Waals surface area (Å²) in [4.78, 5) is 2.69. The van der Waals surface area contributed by atoms with Crippen molar-refractivity contribution in [1.82, 2.24) is 10.2 Å². The van der Waals surface area contributed by atoms with E-state index in [9.17, 15) is 0 Å². The van der Waals surface area contributed by atoms with Crippen LogP contribution in [0.3, 0.4) is 0 Å². The van der Waals surface area contributed by atoms with Crippen LogP contribution in [0, 0.1) is 0 Å². The lowest BCUT2D eigenvalue weighted by molar-refractivity contribution is -0.0860. The Morgan fingerprint density at radius 2 is 1.94 bits per heavy atom. The minimum Gasteiger partial charge on any atom is -0.375 e. The quantitative estimate of drug-likeness (QED) is 0.817. The zero-order chi connectivity index (χ0) is 12.3. The number of hydrogen-bond acceptors (Lipinski definition) is 3. The molecule has 17 heavy (non-hydrogen) atoms. The molecule has 2 rings (SSSR count). The molecule has 100 valence electrons. The number of hydrogen-bond donors (Lipinski definition) is 1. The normalized spacial score (nSPS) is 31.6. The van der Waals surface area contributed by atoms with Gasteiger partial charge in [-0.3, -0.25) is 0 Å². The zero-order valence-electron chi connectivity index (χ0n) is 11.7. The summed E-state index contributed by atoms with van der Waals surface area (Å²) in [6, 6.07) is 1.51. The van der Waals surface area contributed by atoms with Gasteiger partial charge in [0.05, 0.1) is 5.60 Å². The number of ether oxygens (including phenoxy) is 1. The fourth-order valence-electron chi connectivity index (χ4n) is 3.27. The minimum absolute atomic E-state index is 0.0848. The fraction of sp³-hybridized carbons (Fsp3) is 1.00. The molecule has 0 amide bonds. The van der Waals surface area contributed by atoms with Crippen molar-refractivity contribution >= 4 is 0 Å². The summed E-state index contributed by atoms with van der Waals surface area (Å²) < 4.78 is 5.81. The number of likely N-dealkylation sites (tertiary alicyclic amines) is 1. The molecule has 0 spiro atoms. The van der Waals surface area contributed by atoms with Crippen LogP contribution in [0.1, 0.15) is 46.5 Å². The summed E-state index contributed by atoms with van der Waals surface area (Å²) in [6.07, 6.45) is 5.03. The Morgan fingerprint density at radius 3 is 2.53 bits per heavy atom. The van der Waals surface area contributed by atoms with Crippen LogP contribution in [0.4, 0.5) is 0 Å². The second-order valence-corrected chi connectivity index (χ2v) is 6.12. The SMILES string of the molecule is CCNC1CCN(C2CCOC(C)(C)C2)CC1. The summed E-state index contributed by atoms with van der Waals surface area (Å²) in [5, 5.41) is 3.57. The Balaban J connectivity index is 1.80. The smallest absolute Gasteiger partial charge is 0.0641 e. The molecule has 1 N–H and O–H groups in total. The van der Waals surface area contributed by atoms with Crippen LogP contribution in [-0.4, -0.2) is 48.8 Å². The van der Waals surface area contributed by atoms with Gasteiger partial charge in [-0.1, -0.05) is 6.92 Å². The topological polar surface area (TPSA) is 24.5 Å². The average Bonchev–Trinajstić information content (AvgIpc) is 2.29. The molecule has 0 saturated carbocycles. The molecule has 2 heterocycles. The monoisotopic (exact) mass is 240 g/mol. The van der Waals surface area contributed by atoms with Crippen molar-refractivity contribution < 1.29 is 4.74 Å². The molecule has 0 aromatic carbocycles. The fourth-order valence-corrected chi connectivity index (χ4v) is 3.27. The first-order valence-corrected chi connectivity index (χ1v) is 7.22. The maximum absolute atomic E-state index is 5.81. The van der Waals surface area contributed by atoms with Crippen molar-refractivity contribution in [2.24, 2.45) is 0 Å². The lowest BCUT2D eigenvalue weighted by Gasteiger charge is -2.44. The predicted octanol–water partition coefficient (Wildman–Crippen LogP) is 2.02. The molecule has 0 aromatic heterocycles. The van der Waals surface area contributed by atoms with E-state index in [2.05, 4.69) is 31.0 Å². The first-order valence-electron chi connectivity index (χ1n) is 7.22. The Bertz CT molecular complexity index is 234. The van der Waals surface area contributed by atoms with Gasteiger partial charge in [-0.25, -0.2) is 0 Å². The van der Waals surface area contributed by atoms with E-state index in [1.807, 2.05) is 0 Å².